The quantitative estimate of drug-likeness (QED) is 0.915. The first-order chi connectivity index (χ1) is 11.2. The Morgan fingerprint density at radius 3 is 2.65 bits per heavy atom. The fraction of sp³-hybridized carbons (Fsp3) is 0.368. The fourth-order valence-electron chi connectivity index (χ4n) is 2.77. The minimum absolute atomic E-state index is 0.193. The third kappa shape index (κ3) is 3.59. The summed E-state index contributed by atoms with van der Waals surface area (Å²) in [6, 6.07) is 12.5. The first-order valence-electron chi connectivity index (χ1n) is 7.94. The Hall–Kier alpha value is -2.20. The lowest BCUT2D eigenvalue weighted by molar-refractivity contribution is 0.171. The first-order valence-corrected chi connectivity index (χ1v) is 7.94. The molecule has 0 bridgehead atoms. The van der Waals surface area contributed by atoms with Gasteiger partial charge in [0.2, 0.25) is 0 Å². The molecule has 0 fully saturated rings. The Morgan fingerprint density at radius 1 is 1.09 bits per heavy atom. The number of hydrogen-bond acceptors (Lipinski definition) is 4. The van der Waals surface area contributed by atoms with Gasteiger partial charge in [0, 0.05) is 18.2 Å². The van der Waals surface area contributed by atoms with Crippen molar-refractivity contribution in [2.45, 2.75) is 26.4 Å². The second-order valence-corrected chi connectivity index (χ2v) is 5.83. The average molecular weight is 313 g/mol. The predicted molar refractivity (Wildman–Crippen MR) is 90.4 cm³/mol. The summed E-state index contributed by atoms with van der Waals surface area (Å²) < 4.78 is 16.7. The van der Waals surface area contributed by atoms with Crippen molar-refractivity contribution in [3.63, 3.8) is 0 Å². The Bertz CT molecular complexity index is 684. The molecule has 2 aromatic carbocycles. The van der Waals surface area contributed by atoms with Crippen molar-refractivity contribution in [1.82, 2.24) is 5.32 Å². The lowest BCUT2D eigenvalue weighted by atomic mass is 10.0. The van der Waals surface area contributed by atoms with Gasteiger partial charge in [0.05, 0.1) is 7.11 Å². The van der Waals surface area contributed by atoms with Gasteiger partial charge < -0.3 is 19.5 Å². The van der Waals surface area contributed by atoms with E-state index >= 15 is 0 Å². The molecule has 1 N–H and O–H groups in total. The molecule has 0 radical (unpaired) electrons. The van der Waals surface area contributed by atoms with Crippen LogP contribution in [0.3, 0.4) is 0 Å². The molecule has 0 spiro atoms. The second kappa shape index (κ2) is 6.92. The number of fused-ring (bicyclic) bond motifs is 1. The Morgan fingerprint density at radius 2 is 1.87 bits per heavy atom. The molecule has 1 aliphatic rings. The standard InChI is InChI=1S/C19H23NO3/c1-13-4-6-17(21-3)16(10-13)14(2)20-12-15-5-7-18-19(11-15)23-9-8-22-18/h4-7,10-11,14,20H,8-9,12H2,1-3H3. The molecule has 1 unspecified atom stereocenters. The molecule has 122 valence electrons. The van der Waals surface area contributed by atoms with Crippen molar-refractivity contribution in [2.24, 2.45) is 0 Å². The monoisotopic (exact) mass is 313 g/mol. The largest absolute Gasteiger partial charge is 0.496 e. The third-order valence-electron chi connectivity index (χ3n) is 4.07. The lowest BCUT2D eigenvalue weighted by Gasteiger charge is -2.20. The first kappa shape index (κ1) is 15.7. The maximum atomic E-state index is 5.64. The SMILES string of the molecule is COc1ccc(C)cc1C(C)NCc1ccc2c(c1)OCCO2. The van der Waals surface area contributed by atoms with E-state index in [1.165, 1.54) is 16.7 Å². The van der Waals surface area contributed by atoms with Gasteiger partial charge in [-0.15, -0.1) is 0 Å². The van der Waals surface area contributed by atoms with Crippen LogP contribution in [0.5, 0.6) is 17.2 Å². The summed E-state index contributed by atoms with van der Waals surface area (Å²) in [7, 11) is 1.71. The molecule has 2 aromatic rings. The van der Waals surface area contributed by atoms with Crippen LogP contribution in [0.2, 0.25) is 0 Å². The van der Waals surface area contributed by atoms with Gasteiger partial charge in [0.25, 0.3) is 0 Å². The molecule has 0 saturated carbocycles. The maximum absolute atomic E-state index is 5.64. The van der Waals surface area contributed by atoms with Crippen LogP contribution in [0.15, 0.2) is 36.4 Å². The number of aryl methyl sites for hydroxylation is 1. The fourth-order valence-corrected chi connectivity index (χ4v) is 2.77. The number of benzene rings is 2. The van der Waals surface area contributed by atoms with Gasteiger partial charge in [-0.05, 0) is 37.6 Å². The Labute approximate surface area is 137 Å². The number of methoxy groups -OCH3 is 1. The lowest BCUT2D eigenvalue weighted by Crippen LogP contribution is -2.19. The van der Waals surface area contributed by atoms with E-state index in [0.29, 0.717) is 13.2 Å². The van der Waals surface area contributed by atoms with E-state index in [-0.39, 0.29) is 6.04 Å². The summed E-state index contributed by atoms with van der Waals surface area (Å²) in [5, 5.41) is 3.55. The minimum atomic E-state index is 0.193. The molecule has 23 heavy (non-hydrogen) atoms. The van der Waals surface area contributed by atoms with E-state index in [4.69, 9.17) is 14.2 Å². The number of rotatable bonds is 5. The smallest absolute Gasteiger partial charge is 0.161 e. The molecule has 0 aliphatic carbocycles. The van der Waals surface area contributed by atoms with Gasteiger partial charge in [-0.1, -0.05) is 23.8 Å². The van der Waals surface area contributed by atoms with Crippen molar-refractivity contribution < 1.29 is 14.2 Å². The zero-order chi connectivity index (χ0) is 16.2. The number of hydrogen-bond donors (Lipinski definition) is 1. The van der Waals surface area contributed by atoms with Gasteiger partial charge in [-0.2, -0.15) is 0 Å². The van der Waals surface area contributed by atoms with Crippen LogP contribution in [0, 0.1) is 6.92 Å². The summed E-state index contributed by atoms with van der Waals surface area (Å²) in [5.41, 5.74) is 3.58. The van der Waals surface area contributed by atoms with Gasteiger partial charge in [-0.3, -0.25) is 0 Å². The van der Waals surface area contributed by atoms with E-state index < -0.39 is 0 Å². The van der Waals surface area contributed by atoms with E-state index in [1.807, 2.05) is 18.2 Å². The summed E-state index contributed by atoms with van der Waals surface area (Å²) in [5.74, 6) is 2.57. The van der Waals surface area contributed by atoms with Crippen LogP contribution in [0.25, 0.3) is 0 Å². The van der Waals surface area contributed by atoms with E-state index in [2.05, 4.69) is 37.4 Å². The Balaban J connectivity index is 1.69. The summed E-state index contributed by atoms with van der Waals surface area (Å²) in [4.78, 5) is 0. The highest BCUT2D eigenvalue weighted by Crippen LogP contribution is 2.31. The molecule has 0 saturated heterocycles. The molecule has 1 aliphatic heterocycles. The zero-order valence-electron chi connectivity index (χ0n) is 13.9. The van der Waals surface area contributed by atoms with Gasteiger partial charge in [-0.25, -0.2) is 0 Å². The molecule has 0 aromatic heterocycles. The number of nitrogens with one attached hydrogen (secondary N) is 1. The highest BCUT2D eigenvalue weighted by atomic mass is 16.6. The van der Waals surface area contributed by atoms with Crippen LogP contribution < -0.4 is 19.5 Å². The molecule has 4 heteroatoms. The summed E-state index contributed by atoms with van der Waals surface area (Å²) in [6.07, 6.45) is 0. The van der Waals surface area contributed by atoms with Gasteiger partial charge >= 0.3 is 0 Å². The highest BCUT2D eigenvalue weighted by Gasteiger charge is 2.14. The Kier molecular flexibility index (Phi) is 4.72. The topological polar surface area (TPSA) is 39.7 Å². The number of ether oxygens (including phenoxy) is 3. The molecule has 1 heterocycles. The molecule has 1 atom stereocenters. The van der Waals surface area contributed by atoms with Crippen LogP contribution in [0.4, 0.5) is 0 Å². The van der Waals surface area contributed by atoms with E-state index in [9.17, 15) is 0 Å². The zero-order valence-corrected chi connectivity index (χ0v) is 13.9. The minimum Gasteiger partial charge on any atom is -0.496 e. The van der Waals surface area contributed by atoms with Gasteiger partial charge in [0.15, 0.2) is 11.5 Å². The molecular weight excluding hydrogens is 290 g/mol. The van der Waals surface area contributed by atoms with Crippen LogP contribution in [-0.4, -0.2) is 20.3 Å². The second-order valence-electron chi connectivity index (χ2n) is 5.83. The van der Waals surface area contributed by atoms with E-state index in [0.717, 1.165) is 23.8 Å². The molecule has 0 amide bonds. The highest BCUT2D eigenvalue weighted by molar-refractivity contribution is 5.44. The normalized spacial score (nSPS) is 14.4. The van der Waals surface area contributed by atoms with Gasteiger partial charge in [0.1, 0.15) is 19.0 Å². The van der Waals surface area contributed by atoms with Crippen molar-refractivity contribution in [1.29, 1.82) is 0 Å². The average Bonchev–Trinajstić information content (AvgIpc) is 2.59. The predicted octanol–water partition coefficient (Wildman–Crippen LogP) is 3.63. The van der Waals surface area contributed by atoms with Crippen molar-refractivity contribution in [3.05, 3.63) is 53.1 Å². The van der Waals surface area contributed by atoms with Crippen LogP contribution in [0.1, 0.15) is 29.7 Å². The maximum Gasteiger partial charge on any atom is 0.161 e. The van der Waals surface area contributed by atoms with Crippen LogP contribution in [-0.2, 0) is 6.54 Å². The third-order valence-corrected chi connectivity index (χ3v) is 4.07. The van der Waals surface area contributed by atoms with Crippen molar-refractivity contribution in [3.8, 4) is 17.2 Å². The molecule has 3 rings (SSSR count). The van der Waals surface area contributed by atoms with Crippen molar-refractivity contribution in [2.75, 3.05) is 20.3 Å². The van der Waals surface area contributed by atoms with E-state index in [1.54, 1.807) is 7.11 Å². The molecular formula is C19H23NO3. The van der Waals surface area contributed by atoms with Crippen LogP contribution >= 0.6 is 0 Å². The summed E-state index contributed by atoms with van der Waals surface area (Å²) >= 11 is 0. The van der Waals surface area contributed by atoms with Crippen molar-refractivity contribution >= 4 is 0 Å². The summed E-state index contributed by atoms with van der Waals surface area (Å²) in [6.45, 7) is 6.23. The molecule has 4 nitrogen and oxygen atoms in total.